The SMILES string of the molecule is CC(C)c1cccc(OCCC(C#N)NC2CC2)c1. The van der Waals surface area contributed by atoms with E-state index in [9.17, 15) is 0 Å². The van der Waals surface area contributed by atoms with E-state index in [-0.39, 0.29) is 6.04 Å². The van der Waals surface area contributed by atoms with E-state index in [1.807, 2.05) is 12.1 Å². The summed E-state index contributed by atoms with van der Waals surface area (Å²) in [6, 6.07) is 11.0. The summed E-state index contributed by atoms with van der Waals surface area (Å²) in [5.41, 5.74) is 1.28. The van der Waals surface area contributed by atoms with Gasteiger partial charge in [-0.05, 0) is 36.5 Å². The Morgan fingerprint density at radius 1 is 1.42 bits per heavy atom. The fraction of sp³-hybridized carbons (Fsp3) is 0.562. The second kappa shape index (κ2) is 6.58. The minimum absolute atomic E-state index is 0.0826. The quantitative estimate of drug-likeness (QED) is 0.816. The third-order valence-corrected chi connectivity index (χ3v) is 3.37. The normalized spacial score (nSPS) is 16.1. The van der Waals surface area contributed by atoms with Gasteiger partial charge in [0.05, 0.1) is 18.7 Å². The topological polar surface area (TPSA) is 45.0 Å². The summed E-state index contributed by atoms with van der Waals surface area (Å²) in [4.78, 5) is 0. The largest absolute Gasteiger partial charge is 0.493 e. The van der Waals surface area contributed by atoms with Gasteiger partial charge < -0.3 is 4.74 Å². The van der Waals surface area contributed by atoms with Gasteiger partial charge in [-0.15, -0.1) is 0 Å². The number of benzene rings is 1. The van der Waals surface area contributed by atoms with E-state index in [0.717, 1.165) is 12.2 Å². The van der Waals surface area contributed by atoms with Crippen molar-refractivity contribution in [1.82, 2.24) is 5.32 Å². The molecule has 1 unspecified atom stereocenters. The first-order chi connectivity index (χ1) is 9.19. The van der Waals surface area contributed by atoms with Crippen molar-refractivity contribution in [2.24, 2.45) is 0 Å². The molecule has 2 rings (SSSR count). The first kappa shape index (κ1) is 13.9. The van der Waals surface area contributed by atoms with E-state index in [1.165, 1.54) is 18.4 Å². The zero-order chi connectivity index (χ0) is 13.7. The van der Waals surface area contributed by atoms with Gasteiger partial charge in [0.2, 0.25) is 0 Å². The molecule has 19 heavy (non-hydrogen) atoms. The highest BCUT2D eigenvalue weighted by Crippen LogP contribution is 2.21. The molecular formula is C16H22N2O. The smallest absolute Gasteiger partial charge is 0.119 e. The number of ether oxygens (including phenoxy) is 1. The van der Waals surface area contributed by atoms with Crippen LogP contribution in [0, 0.1) is 11.3 Å². The molecule has 1 aliphatic rings. The Bertz CT molecular complexity index is 446. The molecule has 0 aliphatic heterocycles. The first-order valence-corrected chi connectivity index (χ1v) is 7.07. The standard InChI is InChI=1S/C16H22N2O/c1-12(2)13-4-3-5-16(10-13)19-9-8-15(11-17)18-14-6-7-14/h3-5,10,12,14-15,18H,6-9H2,1-2H3. The molecule has 0 saturated heterocycles. The first-order valence-electron chi connectivity index (χ1n) is 7.07. The minimum atomic E-state index is -0.0826. The van der Waals surface area contributed by atoms with E-state index >= 15 is 0 Å². The fourth-order valence-electron chi connectivity index (χ4n) is 1.98. The highest BCUT2D eigenvalue weighted by atomic mass is 16.5. The van der Waals surface area contributed by atoms with E-state index in [2.05, 4.69) is 37.4 Å². The van der Waals surface area contributed by atoms with Crippen LogP contribution in [0.4, 0.5) is 0 Å². The average molecular weight is 258 g/mol. The molecular weight excluding hydrogens is 236 g/mol. The van der Waals surface area contributed by atoms with Gasteiger partial charge >= 0.3 is 0 Å². The molecule has 0 spiro atoms. The fourth-order valence-corrected chi connectivity index (χ4v) is 1.98. The minimum Gasteiger partial charge on any atom is -0.493 e. The number of nitrogens with one attached hydrogen (secondary N) is 1. The summed E-state index contributed by atoms with van der Waals surface area (Å²) in [7, 11) is 0. The molecule has 102 valence electrons. The molecule has 0 amide bonds. The molecule has 1 aromatic carbocycles. The Balaban J connectivity index is 1.78. The second-order valence-electron chi connectivity index (χ2n) is 5.49. The van der Waals surface area contributed by atoms with E-state index in [1.54, 1.807) is 0 Å². The average Bonchev–Trinajstić information content (AvgIpc) is 3.22. The molecule has 1 aliphatic carbocycles. The van der Waals surface area contributed by atoms with Gasteiger partial charge in [0, 0.05) is 12.5 Å². The molecule has 1 aromatic rings. The van der Waals surface area contributed by atoms with Crippen molar-refractivity contribution in [3.63, 3.8) is 0 Å². The Hall–Kier alpha value is -1.53. The predicted octanol–water partition coefficient (Wildman–Crippen LogP) is 3.22. The summed E-state index contributed by atoms with van der Waals surface area (Å²) >= 11 is 0. The molecule has 1 N–H and O–H groups in total. The van der Waals surface area contributed by atoms with Crippen LogP contribution in [0.15, 0.2) is 24.3 Å². The van der Waals surface area contributed by atoms with Crippen molar-refractivity contribution < 1.29 is 4.74 Å². The third-order valence-electron chi connectivity index (χ3n) is 3.37. The van der Waals surface area contributed by atoms with Crippen LogP contribution in [0.2, 0.25) is 0 Å². The van der Waals surface area contributed by atoms with E-state index in [4.69, 9.17) is 10.00 Å². The number of hydrogen-bond acceptors (Lipinski definition) is 3. The Kier molecular flexibility index (Phi) is 4.81. The molecule has 3 heteroatoms. The molecule has 0 bridgehead atoms. The number of nitriles is 1. The monoisotopic (exact) mass is 258 g/mol. The maximum Gasteiger partial charge on any atom is 0.119 e. The van der Waals surface area contributed by atoms with Gasteiger partial charge in [0.25, 0.3) is 0 Å². The summed E-state index contributed by atoms with van der Waals surface area (Å²) in [5, 5.41) is 12.4. The molecule has 3 nitrogen and oxygen atoms in total. The summed E-state index contributed by atoms with van der Waals surface area (Å²) in [5.74, 6) is 1.40. The summed E-state index contributed by atoms with van der Waals surface area (Å²) < 4.78 is 5.74. The molecule has 0 aromatic heterocycles. The van der Waals surface area contributed by atoms with E-state index in [0.29, 0.717) is 18.6 Å². The number of rotatable bonds is 7. The lowest BCUT2D eigenvalue weighted by atomic mass is 10.0. The van der Waals surface area contributed by atoms with Crippen molar-refractivity contribution in [3.05, 3.63) is 29.8 Å². The van der Waals surface area contributed by atoms with Gasteiger partial charge in [0.1, 0.15) is 5.75 Å². The van der Waals surface area contributed by atoms with Crippen LogP contribution in [0.5, 0.6) is 5.75 Å². The van der Waals surface area contributed by atoms with Crippen LogP contribution in [-0.2, 0) is 0 Å². The Morgan fingerprint density at radius 2 is 2.21 bits per heavy atom. The van der Waals surface area contributed by atoms with Gasteiger partial charge in [-0.3, -0.25) is 5.32 Å². The third kappa shape index (κ3) is 4.57. The lowest BCUT2D eigenvalue weighted by Crippen LogP contribution is -2.31. The van der Waals surface area contributed by atoms with E-state index < -0.39 is 0 Å². The van der Waals surface area contributed by atoms with Crippen molar-refractivity contribution in [3.8, 4) is 11.8 Å². The summed E-state index contributed by atoms with van der Waals surface area (Å²) in [6.07, 6.45) is 3.14. The van der Waals surface area contributed by atoms with Crippen molar-refractivity contribution >= 4 is 0 Å². The van der Waals surface area contributed by atoms with Crippen LogP contribution in [0.1, 0.15) is 44.6 Å². The van der Waals surface area contributed by atoms with Crippen LogP contribution in [0.25, 0.3) is 0 Å². The molecule has 0 heterocycles. The summed E-state index contributed by atoms with van der Waals surface area (Å²) in [6.45, 7) is 4.92. The van der Waals surface area contributed by atoms with Crippen LogP contribution < -0.4 is 10.1 Å². The zero-order valence-electron chi connectivity index (χ0n) is 11.7. The van der Waals surface area contributed by atoms with Gasteiger partial charge in [-0.25, -0.2) is 0 Å². The number of hydrogen-bond donors (Lipinski definition) is 1. The Labute approximate surface area is 115 Å². The maximum absolute atomic E-state index is 9.05. The Morgan fingerprint density at radius 3 is 2.84 bits per heavy atom. The maximum atomic E-state index is 9.05. The highest BCUT2D eigenvalue weighted by molar-refractivity contribution is 5.30. The lowest BCUT2D eigenvalue weighted by Gasteiger charge is -2.13. The van der Waals surface area contributed by atoms with Gasteiger partial charge in [-0.1, -0.05) is 26.0 Å². The van der Waals surface area contributed by atoms with Gasteiger partial charge in [0.15, 0.2) is 0 Å². The van der Waals surface area contributed by atoms with Crippen molar-refractivity contribution in [2.75, 3.05) is 6.61 Å². The second-order valence-corrected chi connectivity index (χ2v) is 5.49. The molecule has 1 saturated carbocycles. The van der Waals surface area contributed by atoms with Gasteiger partial charge in [-0.2, -0.15) is 5.26 Å². The highest BCUT2D eigenvalue weighted by Gasteiger charge is 2.24. The van der Waals surface area contributed by atoms with Crippen LogP contribution in [0.3, 0.4) is 0 Å². The zero-order valence-corrected chi connectivity index (χ0v) is 11.7. The molecule has 1 atom stereocenters. The number of nitrogens with zero attached hydrogens (tertiary/aromatic N) is 1. The molecule has 1 fully saturated rings. The van der Waals surface area contributed by atoms with Crippen LogP contribution >= 0.6 is 0 Å². The molecule has 0 radical (unpaired) electrons. The lowest BCUT2D eigenvalue weighted by molar-refractivity contribution is 0.297. The van der Waals surface area contributed by atoms with Crippen molar-refractivity contribution in [1.29, 1.82) is 5.26 Å². The predicted molar refractivity (Wildman–Crippen MR) is 76.2 cm³/mol. The van der Waals surface area contributed by atoms with Crippen LogP contribution in [-0.4, -0.2) is 18.7 Å². The van der Waals surface area contributed by atoms with Crippen molar-refractivity contribution in [2.45, 2.75) is 51.1 Å².